The Bertz CT molecular complexity index is 473. The third kappa shape index (κ3) is 4.02. The van der Waals surface area contributed by atoms with Gasteiger partial charge in [-0.15, -0.1) is 0 Å². The van der Waals surface area contributed by atoms with Gasteiger partial charge in [0.05, 0.1) is 5.56 Å². The normalized spacial score (nSPS) is 17.1. The van der Waals surface area contributed by atoms with Gasteiger partial charge < -0.3 is 15.7 Å². The van der Waals surface area contributed by atoms with E-state index in [0.717, 1.165) is 19.6 Å². The number of nitrogens with zero attached hydrogens (tertiary/aromatic N) is 2. The molecule has 1 aliphatic rings. The summed E-state index contributed by atoms with van der Waals surface area (Å²) in [5, 5.41) is 12.3. The van der Waals surface area contributed by atoms with Crippen LogP contribution in [0.5, 0.6) is 5.75 Å². The monoisotopic (exact) mass is 297 g/mol. The number of nitrogens with two attached hydrogens (primary N) is 1. The molecule has 0 spiro atoms. The van der Waals surface area contributed by atoms with Crippen LogP contribution < -0.4 is 10.5 Å². The molecule has 0 bridgehead atoms. The Morgan fingerprint density at radius 3 is 2.80 bits per heavy atom. The van der Waals surface area contributed by atoms with E-state index in [2.05, 4.69) is 10.1 Å². The van der Waals surface area contributed by atoms with E-state index < -0.39 is 0 Å². The zero-order valence-electron chi connectivity index (χ0n) is 11.4. The summed E-state index contributed by atoms with van der Waals surface area (Å²) in [6.07, 6.45) is 3.84. The lowest BCUT2D eigenvalue weighted by Crippen LogP contribution is -2.33. The fourth-order valence-corrected chi connectivity index (χ4v) is 2.52. The highest BCUT2D eigenvalue weighted by atomic mass is 35.5. The average molecular weight is 298 g/mol. The van der Waals surface area contributed by atoms with Crippen molar-refractivity contribution in [1.82, 2.24) is 4.90 Å². The standard InChI is InChI=1S/C14H20ClN3O2/c15-11-4-5-13(12(10-11)14(16)17-19)20-9-8-18-6-2-1-3-7-18/h4-5,10,19H,1-3,6-9H2,(H2,16,17). The van der Waals surface area contributed by atoms with Gasteiger partial charge in [-0.2, -0.15) is 0 Å². The van der Waals surface area contributed by atoms with Gasteiger partial charge in [-0.3, -0.25) is 4.90 Å². The summed E-state index contributed by atoms with van der Waals surface area (Å²) in [5.41, 5.74) is 6.14. The quantitative estimate of drug-likeness (QED) is 0.379. The van der Waals surface area contributed by atoms with E-state index in [4.69, 9.17) is 27.3 Å². The minimum absolute atomic E-state index is 0.000438. The molecule has 1 heterocycles. The summed E-state index contributed by atoms with van der Waals surface area (Å²) in [5.74, 6) is 0.585. The number of hydrogen-bond acceptors (Lipinski definition) is 4. The van der Waals surface area contributed by atoms with Crippen molar-refractivity contribution >= 4 is 17.4 Å². The summed E-state index contributed by atoms with van der Waals surface area (Å²) in [6.45, 7) is 3.74. The number of amidine groups is 1. The highest BCUT2D eigenvalue weighted by Crippen LogP contribution is 2.23. The molecule has 0 unspecified atom stereocenters. The van der Waals surface area contributed by atoms with Crippen molar-refractivity contribution in [2.24, 2.45) is 10.9 Å². The summed E-state index contributed by atoms with van der Waals surface area (Å²) in [6, 6.07) is 5.10. The van der Waals surface area contributed by atoms with Crippen molar-refractivity contribution in [2.75, 3.05) is 26.2 Å². The first-order chi connectivity index (χ1) is 9.70. The highest BCUT2D eigenvalue weighted by molar-refractivity contribution is 6.31. The van der Waals surface area contributed by atoms with E-state index in [1.807, 2.05) is 0 Å². The lowest BCUT2D eigenvalue weighted by Gasteiger charge is -2.26. The number of halogens is 1. The highest BCUT2D eigenvalue weighted by Gasteiger charge is 2.12. The van der Waals surface area contributed by atoms with Gasteiger partial charge in [0.15, 0.2) is 5.84 Å². The fraction of sp³-hybridized carbons (Fsp3) is 0.500. The van der Waals surface area contributed by atoms with E-state index in [9.17, 15) is 0 Å². The smallest absolute Gasteiger partial charge is 0.173 e. The fourth-order valence-electron chi connectivity index (χ4n) is 2.35. The molecule has 0 radical (unpaired) electrons. The first-order valence-electron chi connectivity index (χ1n) is 6.83. The molecule has 1 saturated heterocycles. The molecule has 1 aromatic carbocycles. The second kappa shape index (κ2) is 7.36. The van der Waals surface area contributed by atoms with Crippen LogP contribution in [0.4, 0.5) is 0 Å². The predicted molar refractivity (Wildman–Crippen MR) is 79.7 cm³/mol. The second-order valence-electron chi connectivity index (χ2n) is 4.88. The number of oxime groups is 1. The molecule has 5 nitrogen and oxygen atoms in total. The summed E-state index contributed by atoms with van der Waals surface area (Å²) < 4.78 is 5.75. The van der Waals surface area contributed by atoms with Gasteiger partial charge in [0.1, 0.15) is 12.4 Å². The maximum Gasteiger partial charge on any atom is 0.173 e. The van der Waals surface area contributed by atoms with Crippen LogP contribution in [0.2, 0.25) is 5.02 Å². The Balaban J connectivity index is 1.94. The number of rotatable bonds is 5. The van der Waals surface area contributed by atoms with Crippen molar-refractivity contribution in [1.29, 1.82) is 0 Å². The Labute approximate surface area is 124 Å². The van der Waals surface area contributed by atoms with Crippen molar-refractivity contribution in [3.05, 3.63) is 28.8 Å². The van der Waals surface area contributed by atoms with Crippen LogP contribution in [-0.4, -0.2) is 42.2 Å². The van der Waals surface area contributed by atoms with Crippen molar-refractivity contribution in [3.8, 4) is 5.75 Å². The molecular formula is C14H20ClN3O2. The Morgan fingerprint density at radius 1 is 1.35 bits per heavy atom. The van der Waals surface area contributed by atoms with E-state index in [0.29, 0.717) is 22.9 Å². The zero-order valence-corrected chi connectivity index (χ0v) is 12.1. The minimum Gasteiger partial charge on any atom is -0.491 e. The molecule has 110 valence electrons. The number of hydrogen-bond donors (Lipinski definition) is 2. The minimum atomic E-state index is 0.000438. The maximum absolute atomic E-state index is 8.79. The lowest BCUT2D eigenvalue weighted by molar-refractivity contribution is 0.183. The molecule has 0 aromatic heterocycles. The molecule has 1 aromatic rings. The molecule has 20 heavy (non-hydrogen) atoms. The second-order valence-corrected chi connectivity index (χ2v) is 5.31. The van der Waals surface area contributed by atoms with E-state index in [1.54, 1.807) is 18.2 Å². The number of benzene rings is 1. The third-order valence-electron chi connectivity index (χ3n) is 3.44. The van der Waals surface area contributed by atoms with Crippen LogP contribution in [0, 0.1) is 0 Å². The third-order valence-corrected chi connectivity index (χ3v) is 3.67. The van der Waals surface area contributed by atoms with Crippen LogP contribution in [-0.2, 0) is 0 Å². The SMILES string of the molecule is NC(=NO)c1cc(Cl)ccc1OCCN1CCCCC1. The number of piperidine rings is 1. The van der Waals surface area contributed by atoms with Crippen LogP contribution in [0.3, 0.4) is 0 Å². The molecule has 1 fully saturated rings. The van der Waals surface area contributed by atoms with Gasteiger partial charge in [0, 0.05) is 11.6 Å². The van der Waals surface area contributed by atoms with Crippen LogP contribution in [0.15, 0.2) is 23.4 Å². The van der Waals surface area contributed by atoms with Gasteiger partial charge in [-0.25, -0.2) is 0 Å². The molecule has 3 N–H and O–H groups in total. The summed E-state index contributed by atoms with van der Waals surface area (Å²) in [7, 11) is 0. The largest absolute Gasteiger partial charge is 0.491 e. The van der Waals surface area contributed by atoms with Crippen molar-refractivity contribution in [2.45, 2.75) is 19.3 Å². The van der Waals surface area contributed by atoms with Crippen LogP contribution in [0.25, 0.3) is 0 Å². The Hall–Kier alpha value is -1.46. The van der Waals surface area contributed by atoms with Crippen molar-refractivity contribution in [3.63, 3.8) is 0 Å². The number of ether oxygens (including phenoxy) is 1. The van der Waals surface area contributed by atoms with Gasteiger partial charge in [-0.1, -0.05) is 23.2 Å². The zero-order chi connectivity index (χ0) is 14.4. The van der Waals surface area contributed by atoms with Crippen LogP contribution in [0.1, 0.15) is 24.8 Å². The first kappa shape index (κ1) is 14.9. The van der Waals surface area contributed by atoms with Gasteiger partial charge in [0.25, 0.3) is 0 Å². The molecule has 1 aliphatic heterocycles. The van der Waals surface area contributed by atoms with E-state index in [-0.39, 0.29) is 5.84 Å². The Kier molecular flexibility index (Phi) is 5.49. The molecule has 6 heteroatoms. The summed E-state index contributed by atoms with van der Waals surface area (Å²) in [4.78, 5) is 2.39. The van der Waals surface area contributed by atoms with Crippen molar-refractivity contribution < 1.29 is 9.94 Å². The first-order valence-corrected chi connectivity index (χ1v) is 7.21. The molecule has 0 atom stereocenters. The molecular weight excluding hydrogens is 278 g/mol. The van der Waals surface area contributed by atoms with Crippen LogP contribution >= 0.6 is 11.6 Å². The Morgan fingerprint density at radius 2 is 2.10 bits per heavy atom. The topological polar surface area (TPSA) is 71.1 Å². The number of likely N-dealkylation sites (tertiary alicyclic amines) is 1. The maximum atomic E-state index is 8.79. The predicted octanol–water partition coefficient (Wildman–Crippen LogP) is 2.30. The molecule has 0 amide bonds. The van der Waals surface area contributed by atoms with E-state index in [1.165, 1.54) is 19.3 Å². The van der Waals surface area contributed by atoms with Gasteiger partial charge >= 0.3 is 0 Å². The average Bonchev–Trinajstić information content (AvgIpc) is 2.49. The lowest BCUT2D eigenvalue weighted by atomic mass is 10.1. The summed E-state index contributed by atoms with van der Waals surface area (Å²) >= 11 is 5.92. The molecule has 2 rings (SSSR count). The van der Waals surface area contributed by atoms with Gasteiger partial charge in [0.2, 0.25) is 0 Å². The van der Waals surface area contributed by atoms with Gasteiger partial charge in [-0.05, 0) is 44.1 Å². The molecule has 0 aliphatic carbocycles. The van der Waals surface area contributed by atoms with E-state index >= 15 is 0 Å². The molecule has 0 saturated carbocycles.